The number of aromatic nitrogens is 1. The van der Waals surface area contributed by atoms with Gasteiger partial charge in [-0.25, -0.2) is 0 Å². The third kappa shape index (κ3) is 3.24. The first kappa shape index (κ1) is 16.0. The van der Waals surface area contributed by atoms with E-state index in [0.717, 1.165) is 5.56 Å². The van der Waals surface area contributed by atoms with E-state index in [9.17, 15) is 9.59 Å². The lowest BCUT2D eigenvalue weighted by molar-refractivity contribution is -0.143. The van der Waals surface area contributed by atoms with E-state index in [4.69, 9.17) is 14.4 Å². The molecule has 2 heterocycles. The normalized spacial score (nSPS) is 17.5. The number of carbonyl (C=O) groups is 2. The Balaban J connectivity index is 1.77. The van der Waals surface area contributed by atoms with Gasteiger partial charge in [0.25, 0.3) is 5.91 Å². The van der Waals surface area contributed by atoms with E-state index >= 15 is 0 Å². The van der Waals surface area contributed by atoms with E-state index in [2.05, 4.69) is 5.16 Å². The molecule has 1 aromatic heterocycles. The smallest absolute Gasteiger partial charge is 0.308 e. The molecule has 0 aliphatic carbocycles. The van der Waals surface area contributed by atoms with Crippen LogP contribution < -0.4 is 4.74 Å². The largest absolute Gasteiger partial charge is 0.497 e. The van der Waals surface area contributed by atoms with Gasteiger partial charge in [-0.05, 0) is 25.0 Å². The molecule has 1 fully saturated rings. The molecule has 1 unspecified atom stereocenters. The second-order valence-electron chi connectivity index (χ2n) is 5.74. The van der Waals surface area contributed by atoms with Crippen LogP contribution in [0.2, 0.25) is 0 Å². The molecule has 24 heavy (non-hydrogen) atoms. The maximum atomic E-state index is 12.5. The second kappa shape index (κ2) is 6.74. The molecule has 1 aliphatic heterocycles. The van der Waals surface area contributed by atoms with Crippen molar-refractivity contribution in [2.45, 2.75) is 12.8 Å². The van der Waals surface area contributed by atoms with Crippen molar-refractivity contribution in [3.8, 4) is 17.1 Å². The van der Waals surface area contributed by atoms with E-state index in [1.807, 2.05) is 18.2 Å². The Labute approximate surface area is 138 Å². The minimum Gasteiger partial charge on any atom is -0.497 e. The Kier molecular flexibility index (Phi) is 4.50. The van der Waals surface area contributed by atoms with Gasteiger partial charge in [0, 0.05) is 24.7 Å². The van der Waals surface area contributed by atoms with Crippen LogP contribution in [0, 0.1) is 5.92 Å². The Hall–Kier alpha value is -2.83. The van der Waals surface area contributed by atoms with Crippen molar-refractivity contribution in [3.63, 3.8) is 0 Å². The van der Waals surface area contributed by atoms with Gasteiger partial charge in [0.05, 0.1) is 13.0 Å². The number of ether oxygens (including phenoxy) is 1. The van der Waals surface area contributed by atoms with Crippen LogP contribution >= 0.6 is 0 Å². The Morgan fingerprint density at radius 1 is 1.38 bits per heavy atom. The average Bonchev–Trinajstić information content (AvgIpc) is 3.11. The number of hydrogen-bond donors (Lipinski definition) is 1. The quantitative estimate of drug-likeness (QED) is 0.924. The van der Waals surface area contributed by atoms with Crippen LogP contribution in [0.5, 0.6) is 5.75 Å². The van der Waals surface area contributed by atoms with Crippen LogP contribution in [0.15, 0.2) is 34.9 Å². The molecular weight excluding hydrogens is 312 g/mol. The standard InChI is InChI=1S/C17H18N2O5/c1-23-13-6-2-4-11(8-13)15-9-14(18-24-15)16(20)19-7-3-5-12(10-19)17(21)22/h2,4,6,8-9,12H,3,5,7,10H2,1H3,(H,21,22). The first-order valence-corrected chi connectivity index (χ1v) is 7.71. The molecule has 1 N–H and O–H groups in total. The summed E-state index contributed by atoms with van der Waals surface area (Å²) < 4.78 is 10.4. The molecule has 7 nitrogen and oxygen atoms in total. The van der Waals surface area contributed by atoms with E-state index < -0.39 is 11.9 Å². The summed E-state index contributed by atoms with van der Waals surface area (Å²) in [5.41, 5.74) is 0.932. The fraction of sp³-hybridized carbons (Fsp3) is 0.353. The molecule has 0 radical (unpaired) electrons. The number of likely N-dealkylation sites (tertiary alicyclic amines) is 1. The van der Waals surface area contributed by atoms with Crippen molar-refractivity contribution in [1.29, 1.82) is 0 Å². The van der Waals surface area contributed by atoms with Gasteiger partial charge >= 0.3 is 5.97 Å². The topological polar surface area (TPSA) is 92.9 Å². The lowest BCUT2D eigenvalue weighted by Gasteiger charge is -2.29. The predicted molar refractivity (Wildman–Crippen MR) is 84.8 cm³/mol. The Bertz CT molecular complexity index is 755. The fourth-order valence-corrected chi connectivity index (χ4v) is 2.81. The third-order valence-electron chi connectivity index (χ3n) is 4.14. The summed E-state index contributed by atoms with van der Waals surface area (Å²) in [6.45, 7) is 0.736. The first-order valence-electron chi connectivity index (χ1n) is 7.71. The molecule has 2 aromatic rings. The maximum Gasteiger partial charge on any atom is 0.308 e. The summed E-state index contributed by atoms with van der Waals surface area (Å²) in [6, 6.07) is 8.82. The third-order valence-corrected chi connectivity index (χ3v) is 4.14. The molecule has 3 rings (SSSR count). The van der Waals surface area contributed by atoms with Crippen molar-refractivity contribution in [2.75, 3.05) is 20.2 Å². The Morgan fingerprint density at radius 2 is 2.21 bits per heavy atom. The van der Waals surface area contributed by atoms with Crippen molar-refractivity contribution >= 4 is 11.9 Å². The van der Waals surface area contributed by atoms with Gasteiger partial charge < -0.3 is 19.3 Å². The Morgan fingerprint density at radius 3 is 2.96 bits per heavy atom. The zero-order chi connectivity index (χ0) is 17.1. The second-order valence-corrected chi connectivity index (χ2v) is 5.74. The molecule has 0 spiro atoms. The highest BCUT2D eigenvalue weighted by atomic mass is 16.5. The zero-order valence-electron chi connectivity index (χ0n) is 13.3. The van der Waals surface area contributed by atoms with Crippen LogP contribution in [0.25, 0.3) is 11.3 Å². The van der Waals surface area contributed by atoms with Crippen LogP contribution in [-0.4, -0.2) is 47.2 Å². The zero-order valence-corrected chi connectivity index (χ0v) is 13.3. The summed E-state index contributed by atoms with van der Waals surface area (Å²) in [6.07, 6.45) is 1.26. The average molecular weight is 330 g/mol. The van der Waals surface area contributed by atoms with E-state index in [1.165, 1.54) is 4.90 Å². The highest BCUT2D eigenvalue weighted by Gasteiger charge is 2.30. The highest BCUT2D eigenvalue weighted by Crippen LogP contribution is 2.25. The molecule has 1 aliphatic rings. The minimum atomic E-state index is -0.871. The number of amides is 1. The fourth-order valence-electron chi connectivity index (χ4n) is 2.81. The molecule has 0 saturated carbocycles. The van der Waals surface area contributed by atoms with Gasteiger partial charge in [-0.15, -0.1) is 0 Å². The van der Waals surface area contributed by atoms with Gasteiger partial charge in [0.15, 0.2) is 11.5 Å². The highest BCUT2D eigenvalue weighted by molar-refractivity contribution is 5.93. The lowest BCUT2D eigenvalue weighted by Crippen LogP contribution is -2.42. The van der Waals surface area contributed by atoms with Gasteiger partial charge in [-0.2, -0.15) is 0 Å². The summed E-state index contributed by atoms with van der Waals surface area (Å²) in [4.78, 5) is 25.2. The van der Waals surface area contributed by atoms with Crippen LogP contribution in [-0.2, 0) is 4.79 Å². The number of aliphatic carboxylic acids is 1. The van der Waals surface area contributed by atoms with Crippen molar-refractivity contribution < 1.29 is 24.0 Å². The lowest BCUT2D eigenvalue weighted by atomic mass is 9.98. The molecule has 1 aromatic carbocycles. The number of piperidine rings is 1. The van der Waals surface area contributed by atoms with Gasteiger partial charge in [0.1, 0.15) is 5.75 Å². The van der Waals surface area contributed by atoms with Gasteiger partial charge in [0.2, 0.25) is 0 Å². The number of rotatable bonds is 4. The van der Waals surface area contributed by atoms with Crippen LogP contribution in [0.4, 0.5) is 0 Å². The molecule has 1 atom stereocenters. The number of carbonyl (C=O) groups excluding carboxylic acids is 1. The van der Waals surface area contributed by atoms with Crippen molar-refractivity contribution in [2.24, 2.45) is 5.92 Å². The van der Waals surface area contributed by atoms with Gasteiger partial charge in [-0.1, -0.05) is 17.3 Å². The van der Waals surface area contributed by atoms with E-state index in [-0.39, 0.29) is 18.1 Å². The molecule has 1 amide bonds. The molecular formula is C17H18N2O5. The first-order chi connectivity index (χ1) is 11.6. The van der Waals surface area contributed by atoms with Crippen LogP contribution in [0.1, 0.15) is 23.3 Å². The number of hydrogen-bond acceptors (Lipinski definition) is 5. The molecule has 126 valence electrons. The summed E-state index contributed by atoms with van der Waals surface area (Å²) >= 11 is 0. The molecule has 1 saturated heterocycles. The van der Waals surface area contributed by atoms with Crippen molar-refractivity contribution in [3.05, 3.63) is 36.0 Å². The number of carboxylic acid groups (broad SMARTS) is 1. The minimum absolute atomic E-state index is 0.179. The number of methoxy groups -OCH3 is 1. The summed E-state index contributed by atoms with van der Waals surface area (Å²) in [5, 5.41) is 13.0. The summed E-state index contributed by atoms with van der Waals surface area (Å²) in [7, 11) is 1.57. The van der Waals surface area contributed by atoms with E-state index in [0.29, 0.717) is 30.9 Å². The van der Waals surface area contributed by atoms with Crippen LogP contribution in [0.3, 0.4) is 0 Å². The molecule has 0 bridgehead atoms. The SMILES string of the molecule is COc1cccc(-c2cc(C(=O)N3CCCC(C(=O)O)C3)no2)c1. The number of nitrogens with zero attached hydrogens (tertiary/aromatic N) is 2. The molecule has 7 heteroatoms. The summed E-state index contributed by atoms with van der Waals surface area (Å²) in [5.74, 6) is -0.558. The van der Waals surface area contributed by atoms with Gasteiger partial charge in [-0.3, -0.25) is 9.59 Å². The predicted octanol–water partition coefficient (Wildman–Crippen LogP) is 2.29. The van der Waals surface area contributed by atoms with E-state index in [1.54, 1.807) is 19.2 Å². The van der Waals surface area contributed by atoms with Crippen molar-refractivity contribution in [1.82, 2.24) is 10.1 Å². The number of carboxylic acids is 1. The monoisotopic (exact) mass is 330 g/mol. The maximum absolute atomic E-state index is 12.5. The number of benzene rings is 1.